The first-order valence-corrected chi connectivity index (χ1v) is 6.94. The van der Waals surface area contributed by atoms with E-state index >= 15 is 0 Å². The van der Waals surface area contributed by atoms with Gasteiger partial charge in [0.05, 0.1) is 13.0 Å². The van der Waals surface area contributed by atoms with E-state index in [4.69, 9.17) is 9.84 Å². The highest BCUT2D eigenvalue weighted by Crippen LogP contribution is 2.18. The molecule has 0 aromatic carbocycles. The first-order chi connectivity index (χ1) is 9.47. The lowest BCUT2D eigenvalue weighted by Gasteiger charge is -2.27. The van der Waals surface area contributed by atoms with Gasteiger partial charge in [-0.2, -0.15) is 4.98 Å². The Hall–Kier alpha value is -1.85. The molecule has 20 heavy (non-hydrogen) atoms. The van der Waals surface area contributed by atoms with Gasteiger partial charge in [-0.05, 0) is 27.2 Å². The van der Waals surface area contributed by atoms with E-state index in [-0.39, 0.29) is 12.5 Å². The van der Waals surface area contributed by atoms with Gasteiger partial charge < -0.3 is 14.7 Å². The van der Waals surface area contributed by atoms with Crippen molar-refractivity contribution in [2.24, 2.45) is 0 Å². The number of aliphatic carboxylic acids is 1. The van der Waals surface area contributed by atoms with Crippen LogP contribution in [0.1, 0.15) is 39.3 Å². The van der Waals surface area contributed by atoms with Gasteiger partial charge in [-0.15, -0.1) is 0 Å². The topological polar surface area (TPSA) is 75.5 Å². The van der Waals surface area contributed by atoms with Crippen LogP contribution in [0.4, 0.5) is 5.95 Å². The molecular formula is C14H23N3O3. The van der Waals surface area contributed by atoms with Gasteiger partial charge in [-0.3, -0.25) is 4.79 Å². The second-order valence-corrected chi connectivity index (χ2v) is 4.73. The molecule has 0 radical (unpaired) electrons. The number of hydrogen-bond acceptors (Lipinski definition) is 5. The predicted octanol–water partition coefficient (Wildman–Crippen LogP) is 2.26. The average molecular weight is 281 g/mol. The summed E-state index contributed by atoms with van der Waals surface area (Å²) in [4.78, 5) is 21.5. The van der Waals surface area contributed by atoms with Crippen LogP contribution in [-0.2, 0) is 4.79 Å². The minimum Gasteiger partial charge on any atom is -0.481 e. The number of carboxylic acids is 1. The highest BCUT2D eigenvalue weighted by molar-refractivity contribution is 5.68. The molecule has 0 fully saturated rings. The Kier molecular flexibility index (Phi) is 6.21. The number of carboxylic acid groups (broad SMARTS) is 1. The van der Waals surface area contributed by atoms with E-state index in [1.165, 1.54) is 0 Å². The standard InChI is InChI=1S/C14H23N3O3/c1-5-7-20-12-8-10(3)15-14(16-12)17(6-2)11(4)9-13(18)19/h8,11H,5-7,9H2,1-4H3,(H,18,19). The quantitative estimate of drug-likeness (QED) is 0.787. The summed E-state index contributed by atoms with van der Waals surface area (Å²) >= 11 is 0. The van der Waals surface area contributed by atoms with Crippen molar-refractivity contribution in [1.29, 1.82) is 0 Å². The van der Waals surface area contributed by atoms with Crippen molar-refractivity contribution < 1.29 is 14.6 Å². The zero-order chi connectivity index (χ0) is 15.1. The Morgan fingerprint density at radius 2 is 2.15 bits per heavy atom. The van der Waals surface area contributed by atoms with Crippen molar-refractivity contribution in [3.8, 4) is 5.88 Å². The molecule has 1 rings (SSSR count). The highest BCUT2D eigenvalue weighted by Gasteiger charge is 2.19. The van der Waals surface area contributed by atoms with Crippen LogP contribution in [0.2, 0.25) is 0 Å². The maximum atomic E-state index is 10.8. The SMILES string of the molecule is CCCOc1cc(C)nc(N(CC)C(C)CC(=O)O)n1. The fraction of sp³-hybridized carbons (Fsp3) is 0.643. The number of rotatable bonds is 8. The van der Waals surface area contributed by atoms with E-state index in [2.05, 4.69) is 9.97 Å². The van der Waals surface area contributed by atoms with E-state index in [0.717, 1.165) is 12.1 Å². The lowest BCUT2D eigenvalue weighted by molar-refractivity contribution is -0.137. The van der Waals surface area contributed by atoms with Crippen LogP contribution in [0.3, 0.4) is 0 Å². The summed E-state index contributed by atoms with van der Waals surface area (Å²) in [5.41, 5.74) is 0.807. The van der Waals surface area contributed by atoms with E-state index in [1.807, 2.05) is 32.6 Å². The zero-order valence-corrected chi connectivity index (χ0v) is 12.6. The predicted molar refractivity (Wildman–Crippen MR) is 77.3 cm³/mol. The van der Waals surface area contributed by atoms with Crippen LogP contribution in [0.25, 0.3) is 0 Å². The molecule has 0 aliphatic carbocycles. The molecule has 0 spiro atoms. The Labute approximate surface area is 119 Å². The minimum atomic E-state index is -0.828. The fourth-order valence-corrected chi connectivity index (χ4v) is 1.95. The number of hydrogen-bond donors (Lipinski definition) is 1. The summed E-state index contributed by atoms with van der Waals surface area (Å²) in [6.45, 7) is 8.96. The maximum absolute atomic E-state index is 10.8. The largest absolute Gasteiger partial charge is 0.481 e. The lowest BCUT2D eigenvalue weighted by atomic mass is 10.2. The summed E-state index contributed by atoms with van der Waals surface area (Å²) in [6, 6.07) is 1.62. The Bertz CT molecular complexity index is 451. The molecule has 0 saturated carbocycles. The first-order valence-electron chi connectivity index (χ1n) is 6.94. The molecule has 0 saturated heterocycles. The molecule has 0 aliphatic rings. The summed E-state index contributed by atoms with van der Waals surface area (Å²) in [6.07, 6.45) is 0.960. The molecule has 6 nitrogen and oxygen atoms in total. The van der Waals surface area contributed by atoms with Gasteiger partial charge in [-0.1, -0.05) is 6.92 Å². The molecule has 1 aromatic heterocycles. The number of nitrogens with zero attached hydrogens (tertiary/aromatic N) is 3. The number of carbonyl (C=O) groups is 1. The third-order valence-corrected chi connectivity index (χ3v) is 2.87. The van der Waals surface area contributed by atoms with Gasteiger partial charge in [0.2, 0.25) is 11.8 Å². The van der Waals surface area contributed by atoms with Crippen molar-refractivity contribution in [1.82, 2.24) is 9.97 Å². The number of anilines is 1. The van der Waals surface area contributed by atoms with E-state index in [1.54, 1.807) is 6.07 Å². The van der Waals surface area contributed by atoms with E-state index in [0.29, 0.717) is 25.0 Å². The second-order valence-electron chi connectivity index (χ2n) is 4.73. The first kappa shape index (κ1) is 16.2. The smallest absolute Gasteiger partial charge is 0.305 e. The average Bonchev–Trinajstić information content (AvgIpc) is 2.35. The van der Waals surface area contributed by atoms with Gasteiger partial charge in [-0.25, -0.2) is 4.98 Å². The van der Waals surface area contributed by atoms with Crippen molar-refractivity contribution in [2.45, 2.75) is 46.6 Å². The molecule has 0 amide bonds. The van der Waals surface area contributed by atoms with E-state index < -0.39 is 5.97 Å². The van der Waals surface area contributed by atoms with Crippen molar-refractivity contribution in [3.05, 3.63) is 11.8 Å². The number of aromatic nitrogens is 2. The molecule has 1 aromatic rings. The molecule has 1 unspecified atom stereocenters. The molecule has 1 N–H and O–H groups in total. The van der Waals surface area contributed by atoms with Crippen molar-refractivity contribution in [2.75, 3.05) is 18.1 Å². The summed E-state index contributed by atoms with van der Waals surface area (Å²) in [5.74, 6) is 0.230. The van der Waals surface area contributed by atoms with Crippen LogP contribution in [0, 0.1) is 6.92 Å². The normalized spacial score (nSPS) is 12.0. The van der Waals surface area contributed by atoms with Crippen LogP contribution < -0.4 is 9.64 Å². The van der Waals surface area contributed by atoms with Crippen LogP contribution in [-0.4, -0.2) is 40.2 Å². The summed E-state index contributed by atoms with van der Waals surface area (Å²) in [5, 5.41) is 8.91. The maximum Gasteiger partial charge on any atom is 0.305 e. The fourth-order valence-electron chi connectivity index (χ4n) is 1.95. The Balaban J connectivity index is 2.96. The third-order valence-electron chi connectivity index (χ3n) is 2.87. The lowest BCUT2D eigenvalue weighted by Crippen LogP contribution is -2.36. The summed E-state index contributed by atoms with van der Waals surface area (Å²) < 4.78 is 5.54. The van der Waals surface area contributed by atoms with Crippen molar-refractivity contribution in [3.63, 3.8) is 0 Å². The zero-order valence-electron chi connectivity index (χ0n) is 12.6. The van der Waals surface area contributed by atoms with Gasteiger partial charge in [0.25, 0.3) is 0 Å². The number of ether oxygens (including phenoxy) is 1. The molecule has 1 atom stereocenters. The second kappa shape index (κ2) is 7.67. The van der Waals surface area contributed by atoms with Crippen molar-refractivity contribution >= 4 is 11.9 Å². The van der Waals surface area contributed by atoms with Crippen LogP contribution in [0.5, 0.6) is 5.88 Å². The molecule has 112 valence electrons. The number of aryl methyl sites for hydroxylation is 1. The van der Waals surface area contributed by atoms with Gasteiger partial charge in [0.15, 0.2) is 0 Å². The van der Waals surface area contributed by atoms with Crippen LogP contribution >= 0.6 is 0 Å². The Morgan fingerprint density at radius 3 is 2.70 bits per heavy atom. The van der Waals surface area contributed by atoms with Gasteiger partial charge in [0.1, 0.15) is 0 Å². The highest BCUT2D eigenvalue weighted by atomic mass is 16.5. The molecule has 1 heterocycles. The molecule has 0 aliphatic heterocycles. The monoisotopic (exact) mass is 281 g/mol. The molecule has 0 bridgehead atoms. The minimum absolute atomic E-state index is 0.0519. The molecule has 6 heteroatoms. The Morgan fingerprint density at radius 1 is 1.45 bits per heavy atom. The molecular weight excluding hydrogens is 258 g/mol. The van der Waals surface area contributed by atoms with Crippen LogP contribution in [0.15, 0.2) is 6.07 Å². The van der Waals surface area contributed by atoms with Gasteiger partial charge >= 0.3 is 5.97 Å². The third kappa shape index (κ3) is 4.68. The van der Waals surface area contributed by atoms with E-state index in [9.17, 15) is 4.79 Å². The van der Waals surface area contributed by atoms with Gasteiger partial charge in [0, 0.05) is 24.3 Å². The summed E-state index contributed by atoms with van der Waals surface area (Å²) in [7, 11) is 0.